The molecule has 1 fully saturated rings. The van der Waals surface area contributed by atoms with Crippen LogP contribution in [0.2, 0.25) is 0 Å². The second kappa shape index (κ2) is 6.29. The molecule has 3 heterocycles. The Balaban J connectivity index is 1.60. The number of fused-ring (bicyclic) bond motifs is 1. The van der Waals surface area contributed by atoms with Crippen LogP contribution >= 0.6 is 0 Å². The predicted octanol–water partition coefficient (Wildman–Crippen LogP) is 1.23. The SMILES string of the molecule is Cn1cc(C(=O)N2CCC[C@@H](c3nc4ccccc4o3)C2)c(=O)[nH]c1=O. The molecule has 1 aromatic carbocycles. The Labute approximate surface area is 148 Å². The van der Waals surface area contributed by atoms with E-state index in [1.807, 2.05) is 24.3 Å². The number of aryl methyl sites for hydroxylation is 1. The number of hydrogen-bond donors (Lipinski definition) is 1. The zero-order valence-electron chi connectivity index (χ0n) is 14.3. The summed E-state index contributed by atoms with van der Waals surface area (Å²) in [7, 11) is 1.49. The van der Waals surface area contributed by atoms with Gasteiger partial charge in [-0.1, -0.05) is 12.1 Å². The van der Waals surface area contributed by atoms with E-state index in [1.54, 1.807) is 4.90 Å². The Kier molecular flexibility index (Phi) is 3.95. The minimum absolute atomic E-state index is 0.0216. The van der Waals surface area contributed by atoms with Crippen LogP contribution in [0.4, 0.5) is 0 Å². The summed E-state index contributed by atoms with van der Waals surface area (Å²) in [6.07, 6.45) is 2.94. The van der Waals surface area contributed by atoms with Gasteiger partial charge in [0.1, 0.15) is 11.1 Å². The smallest absolute Gasteiger partial charge is 0.328 e. The molecule has 0 saturated carbocycles. The number of nitrogens with one attached hydrogen (secondary N) is 1. The molecule has 4 rings (SSSR count). The maximum absolute atomic E-state index is 12.8. The summed E-state index contributed by atoms with van der Waals surface area (Å²) in [5.74, 6) is 0.201. The molecule has 1 aliphatic rings. The van der Waals surface area contributed by atoms with Gasteiger partial charge < -0.3 is 13.9 Å². The number of rotatable bonds is 2. The number of H-pyrrole nitrogens is 1. The summed E-state index contributed by atoms with van der Waals surface area (Å²) in [4.78, 5) is 44.6. The monoisotopic (exact) mass is 354 g/mol. The number of nitrogens with zero attached hydrogens (tertiary/aromatic N) is 3. The second-order valence-electron chi connectivity index (χ2n) is 6.52. The van der Waals surface area contributed by atoms with Gasteiger partial charge in [0.2, 0.25) is 0 Å². The lowest BCUT2D eigenvalue weighted by molar-refractivity contribution is 0.0696. The van der Waals surface area contributed by atoms with Gasteiger partial charge in [-0.15, -0.1) is 0 Å². The summed E-state index contributed by atoms with van der Waals surface area (Å²) < 4.78 is 7.03. The van der Waals surface area contributed by atoms with Crippen molar-refractivity contribution in [3.05, 3.63) is 62.8 Å². The lowest BCUT2D eigenvalue weighted by Gasteiger charge is -2.31. The van der Waals surface area contributed by atoms with E-state index in [1.165, 1.54) is 17.8 Å². The van der Waals surface area contributed by atoms with E-state index in [-0.39, 0.29) is 17.4 Å². The third-order valence-electron chi connectivity index (χ3n) is 4.71. The number of para-hydroxylation sites is 2. The first kappa shape index (κ1) is 16.3. The van der Waals surface area contributed by atoms with Crippen molar-refractivity contribution in [3.8, 4) is 0 Å². The number of carbonyl (C=O) groups excluding carboxylic acids is 1. The van der Waals surface area contributed by atoms with E-state index >= 15 is 0 Å². The van der Waals surface area contributed by atoms with Crippen molar-refractivity contribution in [1.29, 1.82) is 0 Å². The Morgan fingerprint density at radius 1 is 1.31 bits per heavy atom. The number of carbonyl (C=O) groups is 1. The number of amides is 1. The molecule has 0 bridgehead atoms. The van der Waals surface area contributed by atoms with Crippen LogP contribution < -0.4 is 11.2 Å². The molecule has 1 N–H and O–H groups in total. The van der Waals surface area contributed by atoms with Gasteiger partial charge in [0, 0.05) is 26.3 Å². The molecule has 1 atom stereocenters. The first-order valence-corrected chi connectivity index (χ1v) is 8.47. The molecule has 0 unspecified atom stereocenters. The first-order chi connectivity index (χ1) is 12.5. The van der Waals surface area contributed by atoms with Crippen molar-refractivity contribution < 1.29 is 9.21 Å². The molecular weight excluding hydrogens is 336 g/mol. The van der Waals surface area contributed by atoms with E-state index in [9.17, 15) is 14.4 Å². The van der Waals surface area contributed by atoms with Gasteiger partial charge in [0.15, 0.2) is 11.5 Å². The molecule has 3 aromatic rings. The van der Waals surface area contributed by atoms with Gasteiger partial charge in [-0.05, 0) is 25.0 Å². The van der Waals surface area contributed by atoms with Crippen molar-refractivity contribution in [1.82, 2.24) is 19.4 Å². The van der Waals surface area contributed by atoms with E-state index < -0.39 is 11.2 Å². The summed E-state index contributed by atoms with van der Waals surface area (Å²) in [6, 6.07) is 7.54. The Bertz CT molecular complexity index is 1060. The first-order valence-electron chi connectivity index (χ1n) is 8.47. The maximum Gasteiger partial charge on any atom is 0.328 e. The number of likely N-dealkylation sites (tertiary alicyclic amines) is 1. The Morgan fingerprint density at radius 2 is 2.12 bits per heavy atom. The average molecular weight is 354 g/mol. The fraction of sp³-hybridized carbons (Fsp3) is 0.333. The number of benzene rings is 1. The number of oxazole rings is 1. The van der Waals surface area contributed by atoms with Crippen LogP contribution in [0.25, 0.3) is 11.1 Å². The molecule has 1 amide bonds. The minimum Gasteiger partial charge on any atom is -0.440 e. The zero-order valence-corrected chi connectivity index (χ0v) is 14.3. The average Bonchev–Trinajstić information content (AvgIpc) is 3.08. The molecule has 134 valence electrons. The van der Waals surface area contributed by atoms with E-state index in [0.29, 0.717) is 19.0 Å². The summed E-state index contributed by atoms with van der Waals surface area (Å²) in [6.45, 7) is 0.978. The van der Waals surface area contributed by atoms with Crippen LogP contribution in [0, 0.1) is 0 Å². The standard InChI is InChI=1S/C18H18N4O4/c1-21-10-12(15(23)20-18(21)25)17(24)22-8-4-5-11(9-22)16-19-13-6-2-3-7-14(13)26-16/h2-3,6-7,10-11H,4-5,8-9H2,1H3,(H,20,23,25)/t11-/m1/s1. The summed E-state index contributed by atoms with van der Waals surface area (Å²) >= 11 is 0. The number of hydrogen-bond acceptors (Lipinski definition) is 5. The second-order valence-corrected chi connectivity index (χ2v) is 6.52. The van der Waals surface area contributed by atoms with Gasteiger partial charge in [-0.25, -0.2) is 9.78 Å². The highest BCUT2D eigenvalue weighted by molar-refractivity contribution is 5.93. The number of aromatic nitrogens is 3. The Morgan fingerprint density at radius 3 is 2.92 bits per heavy atom. The summed E-state index contributed by atoms with van der Waals surface area (Å²) in [5.41, 5.74) is 0.267. The van der Waals surface area contributed by atoms with Crippen molar-refractivity contribution in [2.45, 2.75) is 18.8 Å². The van der Waals surface area contributed by atoms with Gasteiger partial charge in [0.25, 0.3) is 11.5 Å². The molecule has 2 aromatic heterocycles. The fourth-order valence-electron chi connectivity index (χ4n) is 3.31. The van der Waals surface area contributed by atoms with Crippen LogP contribution in [0.15, 0.2) is 44.5 Å². The highest BCUT2D eigenvalue weighted by Crippen LogP contribution is 2.29. The van der Waals surface area contributed by atoms with Crippen molar-refractivity contribution in [2.75, 3.05) is 13.1 Å². The van der Waals surface area contributed by atoms with Crippen LogP contribution in [-0.4, -0.2) is 38.4 Å². The van der Waals surface area contributed by atoms with Crippen molar-refractivity contribution in [3.63, 3.8) is 0 Å². The third-order valence-corrected chi connectivity index (χ3v) is 4.71. The normalized spacial score (nSPS) is 17.6. The molecule has 26 heavy (non-hydrogen) atoms. The highest BCUT2D eigenvalue weighted by Gasteiger charge is 2.29. The largest absolute Gasteiger partial charge is 0.440 e. The lowest BCUT2D eigenvalue weighted by atomic mass is 9.97. The minimum atomic E-state index is -0.665. The van der Waals surface area contributed by atoms with Crippen LogP contribution in [0.3, 0.4) is 0 Å². The van der Waals surface area contributed by atoms with Crippen LogP contribution in [0.1, 0.15) is 35.0 Å². The fourth-order valence-corrected chi connectivity index (χ4v) is 3.31. The van der Waals surface area contributed by atoms with E-state index in [0.717, 1.165) is 23.9 Å². The quantitative estimate of drug-likeness (QED) is 0.746. The molecule has 0 aliphatic carbocycles. The van der Waals surface area contributed by atoms with Gasteiger partial charge >= 0.3 is 5.69 Å². The Hall–Kier alpha value is -3.16. The van der Waals surface area contributed by atoms with E-state index in [2.05, 4.69) is 9.97 Å². The molecule has 0 spiro atoms. The molecular formula is C18H18N4O4. The highest BCUT2D eigenvalue weighted by atomic mass is 16.3. The lowest BCUT2D eigenvalue weighted by Crippen LogP contribution is -2.43. The van der Waals surface area contributed by atoms with Gasteiger partial charge in [0.05, 0.1) is 5.92 Å². The molecule has 1 aliphatic heterocycles. The maximum atomic E-state index is 12.8. The van der Waals surface area contributed by atoms with Gasteiger partial charge in [-0.2, -0.15) is 0 Å². The number of aromatic amines is 1. The molecule has 8 nitrogen and oxygen atoms in total. The summed E-state index contributed by atoms with van der Waals surface area (Å²) in [5, 5.41) is 0. The third kappa shape index (κ3) is 2.83. The molecule has 0 radical (unpaired) electrons. The number of piperidine rings is 1. The van der Waals surface area contributed by atoms with Crippen LogP contribution in [0.5, 0.6) is 0 Å². The topological polar surface area (TPSA) is 101 Å². The van der Waals surface area contributed by atoms with Crippen molar-refractivity contribution >= 4 is 17.0 Å². The zero-order chi connectivity index (χ0) is 18.3. The van der Waals surface area contributed by atoms with Gasteiger partial charge in [-0.3, -0.25) is 14.6 Å². The molecule has 1 saturated heterocycles. The molecule has 8 heteroatoms. The predicted molar refractivity (Wildman–Crippen MR) is 94.2 cm³/mol. The van der Waals surface area contributed by atoms with E-state index in [4.69, 9.17) is 4.42 Å². The van der Waals surface area contributed by atoms with Crippen LogP contribution in [-0.2, 0) is 7.05 Å². The van der Waals surface area contributed by atoms with Crippen molar-refractivity contribution in [2.24, 2.45) is 7.05 Å².